The third-order valence-electron chi connectivity index (χ3n) is 5.25. The maximum absolute atomic E-state index is 12.8. The van der Waals surface area contributed by atoms with Crippen LogP contribution in [-0.4, -0.2) is 36.0 Å². The van der Waals surface area contributed by atoms with Gasteiger partial charge in [0, 0.05) is 18.9 Å². The minimum atomic E-state index is -0.636. The van der Waals surface area contributed by atoms with Gasteiger partial charge in [-0.1, -0.05) is 12.2 Å². The normalized spacial score (nSPS) is 17.6. The number of ether oxygens (including phenoxy) is 3. The van der Waals surface area contributed by atoms with Crippen molar-refractivity contribution in [2.24, 2.45) is 0 Å². The van der Waals surface area contributed by atoms with E-state index in [1.54, 1.807) is 25.1 Å². The number of carbonyl (C=O) groups excluding carboxylic acids is 3. The molecule has 176 valence electrons. The average molecular weight is 456 g/mol. The number of esters is 2. The maximum Gasteiger partial charge on any atom is 0.373 e. The van der Waals surface area contributed by atoms with E-state index in [-0.39, 0.29) is 35.6 Å². The number of allylic oxidation sites excluding steroid dienone is 1. The second-order valence-corrected chi connectivity index (χ2v) is 7.89. The molecule has 2 heterocycles. The van der Waals surface area contributed by atoms with Crippen molar-refractivity contribution in [2.75, 3.05) is 7.11 Å². The second kappa shape index (κ2) is 11.4. The summed E-state index contributed by atoms with van der Waals surface area (Å²) in [6.45, 7) is 1.77. The van der Waals surface area contributed by atoms with Gasteiger partial charge in [0.25, 0.3) is 0 Å². The highest BCUT2D eigenvalue weighted by Gasteiger charge is 2.21. The van der Waals surface area contributed by atoms with E-state index in [2.05, 4.69) is 4.74 Å². The molecule has 3 rings (SSSR count). The fourth-order valence-electron chi connectivity index (χ4n) is 3.52. The molecule has 1 aliphatic rings. The topological polar surface area (TPSA) is 112 Å². The molecule has 2 aromatic rings. The molecule has 0 unspecified atom stereocenters. The van der Waals surface area contributed by atoms with E-state index in [9.17, 15) is 19.5 Å². The number of fused-ring (bicyclic) bond motifs is 1. The van der Waals surface area contributed by atoms with Gasteiger partial charge < -0.3 is 23.7 Å². The van der Waals surface area contributed by atoms with Gasteiger partial charge in [0.1, 0.15) is 35.2 Å². The summed E-state index contributed by atoms with van der Waals surface area (Å²) in [5, 5.41) is 10.6. The number of phenolic OH excluding ortho intramolecular Hbond substituents is 1. The van der Waals surface area contributed by atoms with Crippen LogP contribution in [0.1, 0.15) is 77.7 Å². The number of hydrogen-bond acceptors (Lipinski definition) is 8. The molecule has 0 saturated heterocycles. The Morgan fingerprint density at radius 3 is 2.76 bits per heavy atom. The molecule has 1 aromatic heterocycles. The number of rotatable bonds is 4. The second-order valence-electron chi connectivity index (χ2n) is 7.89. The Morgan fingerprint density at radius 2 is 1.97 bits per heavy atom. The van der Waals surface area contributed by atoms with Crippen LogP contribution in [0.2, 0.25) is 0 Å². The summed E-state index contributed by atoms with van der Waals surface area (Å²) in [5.74, 6) is -0.524. The van der Waals surface area contributed by atoms with Crippen molar-refractivity contribution in [3.05, 3.63) is 53.0 Å². The molecule has 0 spiro atoms. The zero-order chi connectivity index (χ0) is 23.8. The zero-order valence-electron chi connectivity index (χ0n) is 18.8. The van der Waals surface area contributed by atoms with Gasteiger partial charge in [-0.05, 0) is 56.4 Å². The molecule has 8 heteroatoms. The lowest BCUT2D eigenvalue weighted by Gasteiger charge is -2.16. The molecule has 0 saturated carbocycles. The summed E-state index contributed by atoms with van der Waals surface area (Å²) >= 11 is 0. The molecule has 0 bridgehead atoms. The van der Waals surface area contributed by atoms with Crippen molar-refractivity contribution in [2.45, 2.75) is 58.2 Å². The predicted octanol–water partition coefficient (Wildman–Crippen LogP) is 4.83. The van der Waals surface area contributed by atoms with Gasteiger partial charge in [0.05, 0.1) is 13.2 Å². The van der Waals surface area contributed by atoms with Gasteiger partial charge in [0.2, 0.25) is 5.76 Å². The lowest BCUT2D eigenvalue weighted by Crippen LogP contribution is -2.17. The smallest absolute Gasteiger partial charge is 0.373 e. The summed E-state index contributed by atoms with van der Waals surface area (Å²) in [7, 11) is 1.26. The third-order valence-corrected chi connectivity index (χ3v) is 5.25. The molecule has 8 nitrogen and oxygen atoms in total. The van der Waals surface area contributed by atoms with Crippen molar-refractivity contribution in [1.82, 2.24) is 0 Å². The van der Waals surface area contributed by atoms with Crippen LogP contribution >= 0.6 is 0 Å². The Bertz CT molecular complexity index is 1030. The molecule has 33 heavy (non-hydrogen) atoms. The van der Waals surface area contributed by atoms with Crippen molar-refractivity contribution in [3.63, 3.8) is 0 Å². The summed E-state index contributed by atoms with van der Waals surface area (Å²) < 4.78 is 21.2. The highest BCUT2D eigenvalue weighted by Crippen LogP contribution is 2.31. The van der Waals surface area contributed by atoms with Gasteiger partial charge in [0.15, 0.2) is 0 Å². The van der Waals surface area contributed by atoms with Crippen molar-refractivity contribution < 1.29 is 38.1 Å². The number of benzene rings is 1. The number of furan rings is 1. The Hall–Kier alpha value is -3.55. The van der Waals surface area contributed by atoms with E-state index in [4.69, 9.17) is 13.9 Å². The van der Waals surface area contributed by atoms with Gasteiger partial charge in [-0.25, -0.2) is 9.59 Å². The van der Waals surface area contributed by atoms with Crippen LogP contribution in [0.4, 0.5) is 0 Å². The first-order valence-corrected chi connectivity index (χ1v) is 10.9. The predicted molar refractivity (Wildman–Crippen MR) is 119 cm³/mol. The van der Waals surface area contributed by atoms with Crippen LogP contribution in [0.3, 0.4) is 0 Å². The van der Waals surface area contributed by atoms with Gasteiger partial charge in [-0.15, -0.1) is 0 Å². The number of ketones is 1. The number of methoxy groups -OCH3 is 1. The Kier molecular flexibility index (Phi) is 8.29. The summed E-state index contributed by atoms with van der Waals surface area (Å²) in [6, 6.07) is 6.03. The van der Waals surface area contributed by atoms with E-state index in [1.165, 1.54) is 19.2 Å². The van der Waals surface area contributed by atoms with Crippen LogP contribution in [-0.2, 0) is 20.9 Å². The van der Waals surface area contributed by atoms with Gasteiger partial charge in [-0.2, -0.15) is 0 Å². The van der Waals surface area contributed by atoms with E-state index >= 15 is 0 Å². The molecular weight excluding hydrogens is 428 g/mol. The van der Waals surface area contributed by atoms with Gasteiger partial charge >= 0.3 is 11.9 Å². The summed E-state index contributed by atoms with van der Waals surface area (Å²) in [5.41, 5.74) is 0.504. The molecule has 1 N–H and O–H groups in total. The van der Waals surface area contributed by atoms with Crippen LogP contribution in [0.5, 0.6) is 11.5 Å². The monoisotopic (exact) mass is 456 g/mol. The van der Waals surface area contributed by atoms with Crippen molar-refractivity contribution in [1.29, 1.82) is 0 Å². The number of cyclic esters (lactones) is 1. The van der Waals surface area contributed by atoms with E-state index < -0.39 is 11.9 Å². The van der Waals surface area contributed by atoms with Crippen LogP contribution in [0.25, 0.3) is 6.08 Å². The van der Waals surface area contributed by atoms with E-state index in [0.29, 0.717) is 55.6 Å². The first-order chi connectivity index (χ1) is 15.9. The number of phenols is 1. The number of hydrogen-bond donors (Lipinski definition) is 1. The molecule has 0 aliphatic carbocycles. The van der Waals surface area contributed by atoms with Crippen molar-refractivity contribution >= 4 is 23.8 Å². The first-order valence-electron chi connectivity index (χ1n) is 10.9. The summed E-state index contributed by atoms with van der Waals surface area (Å²) in [6.07, 6.45) is 6.77. The molecule has 1 aromatic carbocycles. The standard InChI is InChI=1S/C25H28O8/c1-16-7-6-10-18(26)9-5-3-4-8-17-13-20(14-21(27)23(17)25(29)32-16)31-15-19-11-12-22(33-19)24(28)30-2/h4,8,11-14,16,27H,3,5-7,9-10,15H2,1-2H3/t16-/m0/s1. The molecule has 1 aliphatic heterocycles. The van der Waals surface area contributed by atoms with Gasteiger partial charge in [-0.3, -0.25) is 4.79 Å². The van der Waals surface area contributed by atoms with Crippen LogP contribution < -0.4 is 4.74 Å². The van der Waals surface area contributed by atoms with Crippen LogP contribution in [0.15, 0.2) is 34.8 Å². The lowest BCUT2D eigenvalue weighted by atomic mass is 10.0. The highest BCUT2D eigenvalue weighted by atomic mass is 16.5. The fraction of sp³-hybridized carbons (Fsp3) is 0.400. The molecule has 1 atom stereocenters. The number of Topliss-reactive ketones (excluding diaryl/α,β-unsaturated/α-hetero) is 1. The Balaban J connectivity index is 1.81. The molecule has 0 radical (unpaired) electrons. The summed E-state index contributed by atoms with van der Waals surface area (Å²) in [4.78, 5) is 36.2. The zero-order valence-corrected chi connectivity index (χ0v) is 18.8. The average Bonchev–Trinajstić information content (AvgIpc) is 3.25. The minimum absolute atomic E-state index is 0.00251. The van der Waals surface area contributed by atoms with E-state index in [0.717, 1.165) is 0 Å². The molecular formula is C25H28O8. The minimum Gasteiger partial charge on any atom is -0.507 e. The number of aromatic hydroxyl groups is 1. The lowest BCUT2D eigenvalue weighted by molar-refractivity contribution is -0.119. The van der Waals surface area contributed by atoms with Crippen molar-refractivity contribution in [3.8, 4) is 11.5 Å². The quantitative estimate of drug-likeness (QED) is 0.651. The van der Waals surface area contributed by atoms with Crippen LogP contribution in [0, 0.1) is 0 Å². The largest absolute Gasteiger partial charge is 0.507 e. The number of carbonyl (C=O) groups is 3. The first kappa shape index (κ1) is 24.1. The fourth-order valence-corrected chi connectivity index (χ4v) is 3.52. The van der Waals surface area contributed by atoms with E-state index in [1.807, 2.05) is 6.08 Å². The SMILES string of the molecule is COC(=O)c1ccc(COc2cc(O)c3c(c2)C=CCCCC(=O)CCC[C@H](C)OC3=O)o1. The highest BCUT2D eigenvalue weighted by molar-refractivity contribution is 5.97. The molecule has 0 amide bonds. The Morgan fingerprint density at radius 1 is 1.18 bits per heavy atom. The Labute approximate surface area is 192 Å². The maximum atomic E-state index is 12.8. The third kappa shape index (κ3) is 6.71. The molecule has 0 fully saturated rings.